The summed E-state index contributed by atoms with van der Waals surface area (Å²) in [5.41, 5.74) is 5.46. The van der Waals surface area contributed by atoms with Gasteiger partial charge in [-0.15, -0.1) is 9.36 Å². The molecule has 0 N–H and O–H groups in total. The number of rotatable bonds is 0. The molecule has 3 aromatic carbocycles. The van der Waals surface area contributed by atoms with E-state index in [4.69, 9.17) is 17.6 Å². The van der Waals surface area contributed by atoms with Gasteiger partial charge in [0.25, 0.3) is 0 Å². The number of nitrogens with zero attached hydrogens (tertiary/aromatic N) is 4. The third-order valence-corrected chi connectivity index (χ3v) is 5.29. The van der Waals surface area contributed by atoms with Crippen molar-refractivity contribution in [2.45, 2.75) is 6.54 Å². The predicted octanol–water partition coefficient (Wildman–Crippen LogP) is 5.28. The van der Waals surface area contributed by atoms with Crippen LogP contribution in [0.2, 0.25) is 0 Å². The van der Waals surface area contributed by atoms with Crippen molar-refractivity contribution in [3.63, 3.8) is 0 Å². The zero-order valence-corrected chi connectivity index (χ0v) is 14.1. The highest BCUT2D eigenvalue weighted by Gasteiger charge is 2.31. The average Bonchev–Trinajstić information content (AvgIpc) is 3.34. The van der Waals surface area contributed by atoms with Crippen molar-refractivity contribution in [3.05, 3.63) is 83.1 Å². The van der Waals surface area contributed by atoms with Crippen molar-refractivity contribution in [1.82, 2.24) is 4.68 Å². The van der Waals surface area contributed by atoms with Crippen molar-refractivity contribution >= 4 is 44.2 Å². The van der Waals surface area contributed by atoms with Gasteiger partial charge >= 0.3 is 0 Å². The molecule has 5 heteroatoms. The highest BCUT2D eigenvalue weighted by molar-refractivity contribution is 6.06. The first-order valence-corrected chi connectivity index (χ1v) is 8.56. The van der Waals surface area contributed by atoms with E-state index in [-0.39, 0.29) is 0 Å². The molecule has 1 aliphatic heterocycles. The van der Waals surface area contributed by atoms with E-state index in [2.05, 4.69) is 26.5 Å². The third kappa shape index (κ3) is 1.68. The van der Waals surface area contributed by atoms with Gasteiger partial charge in [0, 0.05) is 22.4 Å². The summed E-state index contributed by atoms with van der Waals surface area (Å²) < 4.78 is 10.2. The summed E-state index contributed by atoms with van der Waals surface area (Å²) >= 11 is 0. The fraction of sp³-hybridized carbons (Fsp3) is 0.0455. The number of benzene rings is 3. The van der Waals surface area contributed by atoms with Crippen LogP contribution in [0.4, 0.5) is 11.4 Å². The molecular formula is C22H11N4O+. The van der Waals surface area contributed by atoms with Crippen molar-refractivity contribution in [1.29, 1.82) is 0 Å². The van der Waals surface area contributed by atoms with Gasteiger partial charge in [0.15, 0.2) is 12.2 Å². The lowest BCUT2D eigenvalue weighted by atomic mass is 10.1. The van der Waals surface area contributed by atoms with Gasteiger partial charge in [-0.05, 0) is 12.1 Å². The summed E-state index contributed by atoms with van der Waals surface area (Å²) in [6.07, 6.45) is 2.04. The Labute approximate surface area is 153 Å². The molecule has 0 amide bonds. The lowest BCUT2D eigenvalue weighted by Crippen LogP contribution is -2.36. The van der Waals surface area contributed by atoms with E-state index in [0.717, 1.165) is 45.1 Å². The van der Waals surface area contributed by atoms with Gasteiger partial charge in [0.05, 0.1) is 18.5 Å². The Morgan fingerprint density at radius 3 is 2.70 bits per heavy atom. The molecule has 0 fully saturated rings. The van der Waals surface area contributed by atoms with Crippen LogP contribution in [0.15, 0.2) is 59.1 Å². The zero-order valence-electron chi connectivity index (χ0n) is 14.1. The fourth-order valence-corrected chi connectivity index (χ4v) is 4.14. The number of hydrogen-bond acceptors (Lipinski definition) is 1. The minimum Gasteiger partial charge on any atom is -0.456 e. The molecule has 6 rings (SSSR count). The maximum Gasteiger partial charge on any atom is 0.224 e. The molecule has 2 aromatic heterocycles. The summed E-state index contributed by atoms with van der Waals surface area (Å²) in [4.78, 5) is 7.19. The number of para-hydroxylation sites is 1. The second kappa shape index (κ2) is 4.75. The lowest BCUT2D eigenvalue weighted by Gasteiger charge is -2.01. The predicted molar refractivity (Wildman–Crippen MR) is 102 cm³/mol. The molecule has 0 radical (unpaired) electrons. The van der Waals surface area contributed by atoms with Crippen molar-refractivity contribution < 1.29 is 9.10 Å². The standard InChI is InChI=1S/C22H11N4O/c1-23-17-8-7-13-11-25-12-14-9-16-15-5-3-4-6-19(15)27-20(16)10-18(14)26(25)22(13)21(17)24-2/h3-11H,12H2/q+1. The lowest BCUT2D eigenvalue weighted by molar-refractivity contribution is -0.749. The molecule has 0 atom stereocenters. The van der Waals surface area contributed by atoms with E-state index in [9.17, 15) is 0 Å². The van der Waals surface area contributed by atoms with Gasteiger partial charge in [-0.3, -0.25) is 4.85 Å². The minimum absolute atomic E-state index is 0.386. The highest BCUT2D eigenvalue weighted by atomic mass is 16.3. The monoisotopic (exact) mass is 347 g/mol. The maximum absolute atomic E-state index is 7.60. The smallest absolute Gasteiger partial charge is 0.224 e. The SMILES string of the molecule is [C-]#[N+]c1ccc2c[n+]3n(c2c1[N+]#[C-])-c1cc2oc4ccccc4c2cc1C3. The van der Waals surface area contributed by atoms with E-state index in [1.807, 2.05) is 41.2 Å². The Morgan fingerprint density at radius 1 is 0.963 bits per heavy atom. The summed E-state index contributed by atoms with van der Waals surface area (Å²) in [5, 5.41) is 3.18. The molecule has 5 aromatic rings. The first-order valence-electron chi connectivity index (χ1n) is 8.56. The van der Waals surface area contributed by atoms with E-state index in [1.165, 1.54) is 5.56 Å². The van der Waals surface area contributed by atoms with Gasteiger partial charge in [-0.25, -0.2) is 4.85 Å². The van der Waals surface area contributed by atoms with Gasteiger partial charge < -0.3 is 4.42 Å². The molecule has 0 saturated heterocycles. The molecule has 0 saturated carbocycles. The van der Waals surface area contributed by atoms with Crippen LogP contribution in [0.3, 0.4) is 0 Å². The molecule has 1 aliphatic rings. The zero-order chi connectivity index (χ0) is 18.1. The van der Waals surface area contributed by atoms with Gasteiger partial charge in [0.1, 0.15) is 22.4 Å². The Bertz CT molecular complexity index is 1520. The van der Waals surface area contributed by atoms with Crippen LogP contribution >= 0.6 is 0 Å². The van der Waals surface area contributed by atoms with Crippen molar-refractivity contribution in [2.75, 3.05) is 0 Å². The largest absolute Gasteiger partial charge is 0.456 e. The van der Waals surface area contributed by atoms with Crippen LogP contribution < -0.4 is 4.68 Å². The molecular weight excluding hydrogens is 336 g/mol. The summed E-state index contributed by atoms with van der Waals surface area (Å²) in [6.45, 7) is 15.7. The van der Waals surface area contributed by atoms with Crippen molar-refractivity contribution in [2.24, 2.45) is 0 Å². The summed E-state index contributed by atoms with van der Waals surface area (Å²) in [5.74, 6) is 0. The van der Waals surface area contributed by atoms with Crippen LogP contribution in [0.1, 0.15) is 5.56 Å². The molecule has 0 aliphatic carbocycles. The van der Waals surface area contributed by atoms with Gasteiger partial charge in [-0.2, -0.15) is 0 Å². The number of furan rings is 1. The summed E-state index contributed by atoms with van der Waals surface area (Å²) in [7, 11) is 0. The Hall–Kier alpha value is -4.09. The van der Waals surface area contributed by atoms with Crippen LogP contribution in [0, 0.1) is 13.1 Å². The van der Waals surface area contributed by atoms with Crippen LogP contribution in [-0.4, -0.2) is 4.68 Å². The Balaban J connectivity index is 1.73. The molecule has 27 heavy (non-hydrogen) atoms. The molecule has 124 valence electrons. The first kappa shape index (κ1) is 14.1. The Kier molecular flexibility index (Phi) is 2.48. The number of hydrogen-bond donors (Lipinski definition) is 0. The average molecular weight is 347 g/mol. The molecule has 5 nitrogen and oxygen atoms in total. The topological polar surface area (TPSA) is 30.7 Å². The normalized spacial score (nSPS) is 12.2. The second-order valence-electron chi connectivity index (χ2n) is 6.71. The maximum atomic E-state index is 7.60. The minimum atomic E-state index is 0.386. The fourth-order valence-electron chi connectivity index (χ4n) is 4.14. The van der Waals surface area contributed by atoms with Crippen LogP contribution in [0.25, 0.3) is 48.2 Å². The molecule has 0 unspecified atom stereocenters. The molecule has 0 bridgehead atoms. The first-order chi connectivity index (χ1) is 13.3. The third-order valence-electron chi connectivity index (χ3n) is 5.29. The highest BCUT2D eigenvalue weighted by Crippen LogP contribution is 2.40. The second-order valence-corrected chi connectivity index (χ2v) is 6.71. The van der Waals surface area contributed by atoms with E-state index in [0.29, 0.717) is 11.4 Å². The van der Waals surface area contributed by atoms with E-state index < -0.39 is 0 Å². The van der Waals surface area contributed by atoms with Gasteiger partial charge in [-0.1, -0.05) is 30.3 Å². The molecule has 0 spiro atoms. The van der Waals surface area contributed by atoms with Crippen LogP contribution in [-0.2, 0) is 6.54 Å². The van der Waals surface area contributed by atoms with E-state index in [1.54, 1.807) is 6.07 Å². The quantitative estimate of drug-likeness (QED) is 0.272. The summed E-state index contributed by atoms with van der Waals surface area (Å²) in [6, 6.07) is 15.9. The van der Waals surface area contributed by atoms with Gasteiger partial charge in [0.2, 0.25) is 11.9 Å². The van der Waals surface area contributed by atoms with Crippen LogP contribution in [0.5, 0.6) is 0 Å². The van der Waals surface area contributed by atoms with Crippen molar-refractivity contribution in [3.8, 4) is 5.69 Å². The number of fused-ring (bicyclic) bond motifs is 8. The van der Waals surface area contributed by atoms with E-state index >= 15 is 0 Å². The molecule has 3 heterocycles. The Morgan fingerprint density at radius 2 is 1.85 bits per heavy atom. The number of aromatic nitrogens is 2.